The Hall–Kier alpha value is -1.84. The lowest BCUT2D eigenvalue weighted by molar-refractivity contribution is -0.121. The molecule has 1 aromatic rings. The molecule has 1 aromatic carbocycles. The molecule has 0 heterocycles. The molecule has 4 heteroatoms. The van der Waals surface area contributed by atoms with Gasteiger partial charge in [0.25, 0.3) is 0 Å². The van der Waals surface area contributed by atoms with Crippen LogP contribution in [0.4, 0.5) is 5.69 Å². The third-order valence-corrected chi connectivity index (χ3v) is 3.99. The monoisotopic (exact) mass is 332 g/mol. The maximum absolute atomic E-state index is 12.1. The molecule has 0 saturated heterocycles. The number of carbonyl (C=O) groups excluding carboxylic acids is 2. The highest BCUT2D eigenvalue weighted by Crippen LogP contribution is 2.32. The Morgan fingerprint density at radius 1 is 1.17 bits per heavy atom. The van der Waals surface area contributed by atoms with Crippen molar-refractivity contribution in [1.82, 2.24) is 5.32 Å². The van der Waals surface area contributed by atoms with E-state index in [-0.39, 0.29) is 17.2 Å². The summed E-state index contributed by atoms with van der Waals surface area (Å²) in [5.41, 5.74) is 1.94. The molecule has 0 atom stereocenters. The van der Waals surface area contributed by atoms with E-state index in [2.05, 4.69) is 39.9 Å². The van der Waals surface area contributed by atoms with Crippen molar-refractivity contribution >= 4 is 17.5 Å². The Kier molecular flexibility index (Phi) is 7.46. The smallest absolute Gasteiger partial charge is 0.223 e. The number of nitrogens with zero attached hydrogens (tertiary/aromatic N) is 1. The molecule has 0 fully saturated rings. The molecule has 1 N–H and O–H groups in total. The van der Waals surface area contributed by atoms with Gasteiger partial charge in [0, 0.05) is 32.1 Å². The van der Waals surface area contributed by atoms with Crippen LogP contribution in [0, 0.1) is 5.92 Å². The second-order valence-corrected chi connectivity index (χ2v) is 7.72. The second-order valence-electron chi connectivity index (χ2n) is 7.72. The zero-order valence-corrected chi connectivity index (χ0v) is 16.0. The van der Waals surface area contributed by atoms with Gasteiger partial charge in [0.05, 0.1) is 0 Å². The SMILES string of the molecule is CC(=O)N(CCC(=O)NCCC(C)C)c1ccccc1C(C)(C)C. The Labute approximate surface area is 146 Å². The Balaban J connectivity index is 2.79. The van der Waals surface area contributed by atoms with Gasteiger partial charge >= 0.3 is 0 Å². The standard InChI is InChI=1S/C20H32N2O2/c1-15(2)11-13-21-19(24)12-14-22(16(3)23)18-10-8-7-9-17(18)20(4,5)6/h7-10,15H,11-14H2,1-6H3,(H,21,24). The highest BCUT2D eigenvalue weighted by atomic mass is 16.2. The molecule has 0 radical (unpaired) electrons. The van der Waals surface area contributed by atoms with Crippen LogP contribution in [0.2, 0.25) is 0 Å². The molecule has 0 saturated carbocycles. The molecule has 4 nitrogen and oxygen atoms in total. The summed E-state index contributed by atoms with van der Waals surface area (Å²) in [6.07, 6.45) is 1.28. The average Bonchev–Trinajstić information content (AvgIpc) is 2.46. The van der Waals surface area contributed by atoms with Gasteiger partial charge in [0.2, 0.25) is 11.8 Å². The van der Waals surface area contributed by atoms with Crippen molar-refractivity contribution in [3.8, 4) is 0 Å². The van der Waals surface area contributed by atoms with Gasteiger partial charge in [-0.15, -0.1) is 0 Å². The van der Waals surface area contributed by atoms with E-state index in [1.54, 1.807) is 11.8 Å². The van der Waals surface area contributed by atoms with Crippen LogP contribution in [-0.2, 0) is 15.0 Å². The lowest BCUT2D eigenvalue weighted by Gasteiger charge is -2.29. The molecule has 0 aliphatic heterocycles. The van der Waals surface area contributed by atoms with E-state index in [1.807, 2.05) is 24.3 Å². The Morgan fingerprint density at radius 3 is 2.33 bits per heavy atom. The lowest BCUT2D eigenvalue weighted by Crippen LogP contribution is -2.35. The van der Waals surface area contributed by atoms with Crippen LogP contribution >= 0.6 is 0 Å². The molecule has 0 bridgehead atoms. The van der Waals surface area contributed by atoms with Crippen LogP contribution in [0.3, 0.4) is 0 Å². The molecule has 0 aromatic heterocycles. The van der Waals surface area contributed by atoms with Crippen LogP contribution < -0.4 is 10.2 Å². The minimum Gasteiger partial charge on any atom is -0.356 e. The number of hydrogen-bond acceptors (Lipinski definition) is 2. The first-order chi connectivity index (χ1) is 11.1. The van der Waals surface area contributed by atoms with Crippen LogP contribution in [0.25, 0.3) is 0 Å². The molecular weight excluding hydrogens is 300 g/mol. The van der Waals surface area contributed by atoms with Crippen LogP contribution in [0.5, 0.6) is 0 Å². The summed E-state index contributed by atoms with van der Waals surface area (Å²) in [6, 6.07) is 7.93. The number of para-hydroxylation sites is 1. The summed E-state index contributed by atoms with van der Waals surface area (Å²) in [5.74, 6) is 0.523. The first-order valence-electron chi connectivity index (χ1n) is 8.77. The summed E-state index contributed by atoms with van der Waals surface area (Å²) in [7, 11) is 0. The molecule has 134 valence electrons. The summed E-state index contributed by atoms with van der Waals surface area (Å²) in [5, 5.41) is 2.93. The quantitative estimate of drug-likeness (QED) is 0.823. The van der Waals surface area contributed by atoms with Gasteiger partial charge in [-0.05, 0) is 29.4 Å². The molecule has 1 rings (SSSR count). The van der Waals surface area contributed by atoms with Gasteiger partial charge in [0.15, 0.2) is 0 Å². The average molecular weight is 332 g/mol. The van der Waals surface area contributed by atoms with Crippen LogP contribution in [0.1, 0.15) is 59.9 Å². The topological polar surface area (TPSA) is 49.4 Å². The van der Waals surface area contributed by atoms with Gasteiger partial charge in [-0.1, -0.05) is 52.8 Å². The lowest BCUT2D eigenvalue weighted by atomic mass is 9.85. The number of carbonyl (C=O) groups is 2. The van der Waals surface area contributed by atoms with E-state index in [0.717, 1.165) is 17.7 Å². The molecule has 0 aliphatic rings. The Morgan fingerprint density at radius 2 is 1.79 bits per heavy atom. The molecule has 24 heavy (non-hydrogen) atoms. The van der Waals surface area contributed by atoms with Gasteiger partial charge in [-0.25, -0.2) is 0 Å². The third-order valence-electron chi connectivity index (χ3n) is 3.99. The van der Waals surface area contributed by atoms with E-state index in [1.165, 1.54) is 0 Å². The third kappa shape index (κ3) is 6.34. The predicted molar refractivity (Wildman–Crippen MR) is 100 cm³/mol. The second kappa shape index (κ2) is 8.86. The van der Waals surface area contributed by atoms with Gasteiger partial charge in [-0.3, -0.25) is 9.59 Å². The first kappa shape index (κ1) is 20.2. The fraction of sp³-hybridized carbons (Fsp3) is 0.600. The fourth-order valence-corrected chi connectivity index (χ4v) is 2.59. The normalized spacial score (nSPS) is 11.5. The van der Waals surface area contributed by atoms with E-state index in [0.29, 0.717) is 25.4 Å². The van der Waals surface area contributed by atoms with E-state index < -0.39 is 0 Å². The van der Waals surface area contributed by atoms with Crippen molar-refractivity contribution in [3.63, 3.8) is 0 Å². The van der Waals surface area contributed by atoms with Crippen LogP contribution in [-0.4, -0.2) is 24.9 Å². The summed E-state index contributed by atoms with van der Waals surface area (Å²) in [4.78, 5) is 25.9. The van der Waals surface area contributed by atoms with E-state index in [4.69, 9.17) is 0 Å². The fourth-order valence-electron chi connectivity index (χ4n) is 2.59. The zero-order valence-electron chi connectivity index (χ0n) is 16.0. The number of amides is 2. The number of anilines is 1. The minimum atomic E-state index is -0.0657. The maximum atomic E-state index is 12.1. The summed E-state index contributed by atoms with van der Waals surface area (Å²) in [6.45, 7) is 13.3. The number of benzene rings is 1. The molecule has 0 spiro atoms. The highest BCUT2D eigenvalue weighted by molar-refractivity contribution is 5.93. The predicted octanol–water partition coefficient (Wildman–Crippen LogP) is 3.89. The first-order valence-corrected chi connectivity index (χ1v) is 8.77. The molecule has 0 aliphatic carbocycles. The van der Waals surface area contributed by atoms with E-state index >= 15 is 0 Å². The maximum Gasteiger partial charge on any atom is 0.223 e. The molecule has 2 amide bonds. The summed E-state index contributed by atoms with van der Waals surface area (Å²) < 4.78 is 0. The summed E-state index contributed by atoms with van der Waals surface area (Å²) >= 11 is 0. The Bertz CT molecular complexity index is 559. The number of nitrogens with one attached hydrogen (secondary N) is 1. The number of rotatable bonds is 7. The van der Waals surface area contributed by atoms with Gasteiger partial charge in [-0.2, -0.15) is 0 Å². The number of hydrogen-bond donors (Lipinski definition) is 1. The molecule has 0 unspecified atom stereocenters. The van der Waals surface area contributed by atoms with Crippen molar-refractivity contribution in [2.75, 3.05) is 18.0 Å². The van der Waals surface area contributed by atoms with Crippen molar-refractivity contribution in [3.05, 3.63) is 29.8 Å². The van der Waals surface area contributed by atoms with Crippen molar-refractivity contribution in [2.45, 2.75) is 59.8 Å². The highest BCUT2D eigenvalue weighted by Gasteiger charge is 2.23. The minimum absolute atomic E-state index is 0.00450. The zero-order chi connectivity index (χ0) is 18.3. The van der Waals surface area contributed by atoms with Crippen LogP contribution in [0.15, 0.2) is 24.3 Å². The molecular formula is C20H32N2O2. The largest absolute Gasteiger partial charge is 0.356 e. The van der Waals surface area contributed by atoms with Crippen molar-refractivity contribution in [1.29, 1.82) is 0 Å². The van der Waals surface area contributed by atoms with E-state index in [9.17, 15) is 9.59 Å². The van der Waals surface area contributed by atoms with Crippen molar-refractivity contribution in [2.24, 2.45) is 5.92 Å². The van der Waals surface area contributed by atoms with Gasteiger partial charge in [0.1, 0.15) is 0 Å². The van der Waals surface area contributed by atoms with Gasteiger partial charge < -0.3 is 10.2 Å². The van der Waals surface area contributed by atoms with Crippen molar-refractivity contribution < 1.29 is 9.59 Å².